The molecule has 0 fully saturated rings. The van der Waals surface area contributed by atoms with Crippen molar-refractivity contribution in [3.05, 3.63) is 12.4 Å². The van der Waals surface area contributed by atoms with Crippen LogP contribution in [0.5, 0.6) is 5.88 Å². The van der Waals surface area contributed by atoms with Gasteiger partial charge in [0.2, 0.25) is 5.88 Å². The van der Waals surface area contributed by atoms with Crippen molar-refractivity contribution >= 4 is 5.82 Å². The Morgan fingerprint density at radius 3 is 2.75 bits per heavy atom. The molecule has 0 unspecified atom stereocenters. The van der Waals surface area contributed by atoms with Crippen LogP contribution in [0.1, 0.15) is 20.3 Å². The quantitative estimate of drug-likeness (QED) is 0.750. The second kappa shape index (κ2) is 7.00. The minimum Gasteiger partial charge on any atom is -0.477 e. The molecule has 0 aliphatic heterocycles. The van der Waals surface area contributed by atoms with Gasteiger partial charge in [-0.25, -0.2) is 0 Å². The first-order chi connectivity index (χ1) is 7.81. The van der Waals surface area contributed by atoms with Crippen molar-refractivity contribution in [3.63, 3.8) is 0 Å². The molecule has 0 bridgehead atoms. The van der Waals surface area contributed by atoms with Crippen molar-refractivity contribution in [2.45, 2.75) is 20.3 Å². The molecule has 1 rings (SSSR count). The van der Waals surface area contributed by atoms with E-state index >= 15 is 0 Å². The van der Waals surface area contributed by atoms with Crippen LogP contribution in [0.15, 0.2) is 12.4 Å². The van der Waals surface area contributed by atoms with E-state index in [4.69, 9.17) is 10.5 Å². The van der Waals surface area contributed by atoms with Gasteiger partial charge < -0.3 is 15.4 Å². The fourth-order valence-electron chi connectivity index (χ4n) is 1.47. The summed E-state index contributed by atoms with van der Waals surface area (Å²) in [5, 5.41) is 0. The Hall–Kier alpha value is -1.36. The monoisotopic (exact) mass is 224 g/mol. The van der Waals surface area contributed by atoms with Gasteiger partial charge in [0.25, 0.3) is 0 Å². The molecular weight excluding hydrogens is 204 g/mol. The summed E-state index contributed by atoms with van der Waals surface area (Å²) in [5.41, 5.74) is 5.57. The maximum atomic E-state index is 5.57. The number of rotatable bonds is 7. The first-order valence-corrected chi connectivity index (χ1v) is 5.71. The number of nitrogens with two attached hydrogens (primary N) is 1. The lowest BCUT2D eigenvalue weighted by Gasteiger charge is -2.22. The zero-order chi connectivity index (χ0) is 11.8. The van der Waals surface area contributed by atoms with Crippen LogP contribution < -0.4 is 15.4 Å². The minimum atomic E-state index is 0.568. The molecule has 5 nitrogen and oxygen atoms in total. The van der Waals surface area contributed by atoms with Crippen LogP contribution in [-0.4, -0.2) is 36.2 Å². The van der Waals surface area contributed by atoms with E-state index in [1.54, 1.807) is 12.4 Å². The number of hydrogen-bond donors (Lipinski definition) is 1. The summed E-state index contributed by atoms with van der Waals surface area (Å²) in [4.78, 5) is 10.6. The Labute approximate surface area is 96.6 Å². The molecule has 1 aromatic heterocycles. The smallest absolute Gasteiger partial charge is 0.234 e. The maximum absolute atomic E-state index is 5.57. The molecule has 5 heteroatoms. The normalized spacial score (nSPS) is 10.2. The van der Waals surface area contributed by atoms with Gasteiger partial charge in [-0.3, -0.25) is 4.98 Å². The summed E-state index contributed by atoms with van der Waals surface area (Å²) < 4.78 is 5.32. The SMILES string of the molecule is CCCN(CCN)c1cncc(OCC)n1. The van der Waals surface area contributed by atoms with Crippen molar-refractivity contribution < 1.29 is 4.74 Å². The van der Waals surface area contributed by atoms with Crippen molar-refractivity contribution in [2.24, 2.45) is 5.73 Å². The molecule has 2 N–H and O–H groups in total. The van der Waals surface area contributed by atoms with Crippen LogP contribution in [0.25, 0.3) is 0 Å². The lowest BCUT2D eigenvalue weighted by molar-refractivity contribution is 0.325. The standard InChI is InChI=1S/C11H20N4O/c1-3-6-15(7-5-12)10-8-13-9-11(14-10)16-4-2/h8-9H,3-7,12H2,1-2H3. The molecule has 1 heterocycles. The molecule has 0 radical (unpaired) electrons. The van der Waals surface area contributed by atoms with E-state index in [1.165, 1.54) is 0 Å². The predicted octanol–water partition coefficient (Wildman–Crippen LogP) is 1.05. The van der Waals surface area contributed by atoms with Gasteiger partial charge in [-0.2, -0.15) is 4.98 Å². The molecular formula is C11H20N4O. The number of ether oxygens (including phenoxy) is 1. The second-order valence-electron chi connectivity index (χ2n) is 3.42. The number of hydrogen-bond acceptors (Lipinski definition) is 5. The Bertz CT molecular complexity index is 300. The lowest BCUT2D eigenvalue weighted by Crippen LogP contribution is -2.31. The minimum absolute atomic E-state index is 0.568. The molecule has 16 heavy (non-hydrogen) atoms. The van der Waals surface area contributed by atoms with E-state index in [9.17, 15) is 0 Å². The molecule has 90 valence electrons. The first kappa shape index (κ1) is 12.7. The fraction of sp³-hybridized carbons (Fsp3) is 0.636. The number of anilines is 1. The van der Waals surface area contributed by atoms with Crippen LogP contribution in [0, 0.1) is 0 Å². The summed E-state index contributed by atoms with van der Waals surface area (Å²) in [6.07, 6.45) is 4.42. The highest BCUT2D eigenvalue weighted by Gasteiger charge is 2.07. The molecule has 0 amide bonds. The van der Waals surface area contributed by atoms with Gasteiger partial charge in [-0.1, -0.05) is 6.92 Å². The van der Waals surface area contributed by atoms with Crippen LogP contribution in [0.2, 0.25) is 0 Å². The Morgan fingerprint density at radius 1 is 1.31 bits per heavy atom. The molecule has 0 aromatic carbocycles. The van der Waals surface area contributed by atoms with Gasteiger partial charge in [0, 0.05) is 19.6 Å². The zero-order valence-electron chi connectivity index (χ0n) is 10.0. The van der Waals surface area contributed by atoms with Crippen LogP contribution in [0.3, 0.4) is 0 Å². The molecule has 1 aromatic rings. The van der Waals surface area contributed by atoms with Gasteiger partial charge >= 0.3 is 0 Å². The average Bonchev–Trinajstić information content (AvgIpc) is 2.30. The van der Waals surface area contributed by atoms with Gasteiger partial charge in [-0.05, 0) is 13.3 Å². The summed E-state index contributed by atoms with van der Waals surface area (Å²) in [6.45, 7) is 6.99. The zero-order valence-corrected chi connectivity index (χ0v) is 10.0. The molecule has 0 saturated carbocycles. The van der Waals surface area contributed by atoms with Crippen molar-refractivity contribution in [3.8, 4) is 5.88 Å². The lowest BCUT2D eigenvalue weighted by atomic mass is 10.4. The largest absolute Gasteiger partial charge is 0.477 e. The average molecular weight is 224 g/mol. The number of aromatic nitrogens is 2. The molecule has 0 saturated heterocycles. The van der Waals surface area contributed by atoms with Gasteiger partial charge in [0.05, 0.1) is 19.0 Å². The van der Waals surface area contributed by atoms with Crippen LogP contribution >= 0.6 is 0 Å². The van der Waals surface area contributed by atoms with E-state index in [0.717, 1.165) is 25.3 Å². The third kappa shape index (κ3) is 3.66. The van der Waals surface area contributed by atoms with Gasteiger partial charge in [-0.15, -0.1) is 0 Å². The third-order valence-corrected chi connectivity index (χ3v) is 2.11. The Kier molecular flexibility index (Phi) is 5.56. The van der Waals surface area contributed by atoms with Crippen molar-refractivity contribution in [1.82, 2.24) is 9.97 Å². The summed E-state index contributed by atoms with van der Waals surface area (Å²) in [7, 11) is 0. The van der Waals surface area contributed by atoms with Crippen LogP contribution in [0.4, 0.5) is 5.82 Å². The molecule has 0 aliphatic rings. The van der Waals surface area contributed by atoms with Crippen LogP contribution in [-0.2, 0) is 0 Å². The molecule has 0 aliphatic carbocycles. The highest BCUT2D eigenvalue weighted by Crippen LogP contribution is 2.13. The van der Waals surface area contributed by atoms with E-state index in [0.29, 0.717) is 19.0 Å². The topological polar surface area (TPSA) is 64.3 Å². The first-order valence-electron chi connectivity index (χ1n) is 5.71. The van der Waals surface area contributed by atoms with Crippen molar-refractivity contribution in [2.75, 3.05) is 31.1 Å². The highest BCUT2D eigenvalue weighted by atomic mass is 16.5. The van der Waals surface area contributed by atoms with E-state index in [1.807, 2.05) is 6.92 Å². The maximum Gasteiger partial charge on any atom is 0.234 e. The van der Waals surface area contributed by atoms with E-state index in [-0.39, 0.29) is 0 Å². The summed E-state index contributed by atoms with van der Waals surface area (Å²) >= 11 is 0. The third-order valence-electron chi connectivity index (χ3n) is 2.11. The molecule has 0 atom stereocenters. The molecule has 0 spiro atoms. The van der Waals surface area contributed by atoms with E-state index in [2.05, 4.69) is 21.8 Å². The summed E-state index contributed by atoms with van der Waals surface area (Å²) in [5.74, 6) is 1.40. The second-order valence-corrected chi connectivity index (χ2v) is 3.42. The fourth-order valence-corrected chi connectivity index (χ4v) is 1.47. The highest BCUT2D eigenvalue weighted by molar-refractivity contribution is 5.37. The Morgan fingerprint density at radius 2 is 2.12 bits per heavy atom. The van der Waals surface area contributed by atoms with Gasteiger partial charge in [0.1, 0.15) is 0 Å². The summed E-state index contributed by atoms with van der Waals surface area (Å²) in [6, 6.07) is 0. The number of nitrogens with zero attached hydrogens (tertiary/aromatic N) is 3. The Balaban J connectivity index is 2.77. The predicted molar refractivity (Wildman–Crippen MR) is 64.8 cm³/mol. The van der Waals surface area contributed by atoms with E-state index < -0.39 is 0 Å². The van der Waals surface area contributed by atoms with Gasteiger partial charge in [0.15, 0.2) is 5.82 Å². The van der Waals surface area contributed by atoms with Crippen molar-refractivity contribution in [1.29, 1.82) is 0 Å².